The maximum Gasteiger partial charge on any atom is 1.00 e. The minimum absolute atomic E-state index is 0. The molecule has 0 fully saturated rings. The Morgan fingerprint density at radius 2 is 1.43 bits per heavy atom. The molecular formula is HAgKO4P. The third-order valence-electron chi connectivity index (χ3n) is 0. The van der Waals surface area contributed by atoms with Crippen molar-refractivity contribution in [1.29, 1.82) is 0 Å². The molecule has 0 rings (SSSR count). The SMILES string of the molecule is O=P([O-])([O-])O.[Ag+].[K+]. The summed E-state index contributed by atoms with van der Waals surface area (Å²) in [5, 5.41) is 0. The first-order valence-electron chi connectivity index (χ1n) is 0.748. The standard InChI is InChI=1S/Ag.K.H3O4P/c;;1-5(2,3)4/h;;(H3,1,2,3,4)/q2*+1;/p-2. The van der Waals surface area contributed by atoms with Crippen molar-refractivity contribution in [2.75, 3.05) is 0 Å². The molecule has 0 spiro atoms. The molecule has 0 aliphatic carbocycles. The molecule has 0 radical (unpaired) electrons. The Labute approximate surface area is 98.9 Å². The molecule has 7 heteroatoms. The molecule has 0 aromatic rings. The fourth-order valence-electron chi connectivity index (χ4n) is 0. The van der Waals surface area contributed by atoms with Crippen molar-refractivity contribution in [3.8, 4) is 0 Å². The van der Waals surface area contributed by atoms with E-state index in [1.54, 1.807) is 0 Å². The molecule has 0 saturated heterocycles. The molecule has 1 N–H and O–H groups in total. The molecule has 4 nitrogen and oxygen atoms in total. The summed E-state index contributed by atoms with van der Waals surface area (Å²) in [6.07, 6.45) is 0. The summed E-state index contributed by atoms with van der Waals surface area (Å²) in [4.78, 5) is 24.3. The molecule has 7 heavy (non-hydrogen) atoms. The van der Waals surface area contributed by atoms with Crippen molar-refractivity contribution in [2.24, 2.45) is 0 Å². The molecule has 0 amide bonds. The van der Waals surface area contributed by atoms with Crippen LogP contribution in [0.4, 0.5) is 0 Å². The second-order valence-corrected chi connectivity index (χ2v) is 1.41. The van der Waals surface area contributed by atoms with E-state index in [1.165, 1.54) is 0 Å². The second kappa shape index (κ2) is 6.60. The van der Waals surface area contributed by atoms with Crippen LogP contribution in [-0.2, 0) is 26.9 Å². The van der Waals surface area contributed by atoms with Gasteiger partial charge >= 0.3 is 73.8 Å². The molecule has 0 aromatic heterocycles. The first kappa shape index (κ1) is 16.2. The van der Waals surface area contributed by atoms with Crippen LogP contribution in [0.1, 0.15) is 0 Å². The van der Waals surface area contributed by atoms with E-state index >= 15 is 0 Å². The summed E-state index contributed by atoms with van der Waals surface area (Å²) in [6, 6.07) is 0. The minimum atomic E-state index is -5.14. The Hall–Kier alpha value is 2.49. The van der Waals surface area contributed by atoms with E-state index in [0.717, 1.165) is 0 Å². The number of phosphoric acid groups is 1. The summed E-state index contributed by atoms with van der Waals surface area (Å²) < 4.78 is 8.66. The maximum absolute atomic E-state index is 8.66. The van der Waals surface area contributed by atoms with Crippen LogP contribution in [-0.4, -0.2) is 4.89 Å². The van der Waals surface area contributed by atoms with Crippen LogP contribution >= 0.6 is 7.82 Å². The van der Waals surface area contributed by atoms with E-state index < -0.39 is 7.82 Å². The molecule has 42 valence electrons. The normalized spacial score (nSPS) is 8.43. The van der Waals surface area contributed by atoms with E-state index in [1.807, 2.05) is 0 Å². The zero-order valence-electron chi connectivity index (χ0n) is 3.42. The number of hydrogen-bond donors (Lipinski definition) is 1. The average Bonchev–Trinajstić information content (AvgIpc) is 0.722. The maximum atomic E-state index is 8.66. The second-order valence-electron chi connectivity index (χ2n) is 0.469. The summed E-state index contributed by atoms with van der Waals surface area (Å²) in [7, 11) is -5.14. The van der Waals surface area contributed by atoms with Gasteiger partial charge in [-0.15, -0.1) is 0 Å². The van der Waals surface area contributed by atoms with E-state index in [4.69, 9.17) is 19.2 Å². The van der Waals surface area contributed by atoms with Gasteiger partial charge in [0.25, 0.3) is 0 Å². The van der Waals surface area contributed by atoms with Gasteiger partial charge in [0.05, 0.1) is 7.82 Å². The average molecular weight is 243 g/mol. The van der Waals surface area contributed by atoms with E-state index in [2.05, 4.69) is 0 Å². The zero-order valence-corrected chi connectivity index (χ0v) is 8.92. The molecule has 0 atom stereocenters. The summed E-state index contributed by atoms with van der Waals surface area (Å²) >= 11 is 0. The Bertz CT molecular complexity index is 57.8. The first-order valence-corrected chi connectivity index (χ1v) is 2.24. The van der Waals surface area contributed by atoms with Crippen LogP contribution in [0.5, 0.6) is 0 Å². The molecule has 0 heterocycles. The number of rotatable bonds is 0. The van der Waals surface area contributed by atoms with E-state index in [9.17, 15) is 0 Å². The largest absolute Gasteiger partial charge is 1.00 e. The van der Waals surface area contributed by atoms with Crippen molar-refractivity contribution in [1.82, 2.24) is 0 Å². The Morgan fingerprint density at radius 3 is 1.43 bits per heavy atom. The minimum Gasteiger partial charge on any atom is -0.790 e. The van der Waals surface area contributed by atoms with Gasteiger partial charge in [-0.1, -0.05) is 0 Å². The van der Waals surface area contributed by atoms with Gasteiger partial charge in [0.1, 0.15) is 0 Å². The van der Waals surface area contributed by atoms with Crippen LogP contribution < -0.4 is 61.2 Å². The van der Waals surface area contributed by atoms with Crippen LogP contribution in [0, 0.1) is 0 Å². The van der Waals surface area contributed by atoms with Crippen molar-refractivity contribution >= 4 is 7.82 Å². The van der Waals surface area contributed by atoms with Crippen molar-refractivity contribution in [2.45, 2.75) is 0 Å². The third-order valence-corrected chi connectivity index (χ3v) is 0. The van der Waals surface area contributed by atoms with Crippen LogP contribution in [0.15, 0.2) is 0 Å². The molecule has 0 aliphatic rings. The van der Waals surface area contributed by atoms with Gasteiger partial charge < -0.3 is 19.2 Å². The zero-order chi connectivity index (χ0) is 4.50. The predicted octanol–water partition coefficient (Wildman–Crippen LogP) is -5.19. The fraction of sp³-hybridized carbons (Fsp3) is 0. The quantitative estimate of drug-likeness (QED) is 0.340. The summed E-state index contributed by atoms with van der Waals surface area (Å²) in [5.74, 6) is 0. The van der Waals surface area contributed by atoms with Crippen LogP contribution in [0.25, 0.3) is 0 Å². The Morgan fingerprint density at radius 1 is 1.43 bits per heavy atom. The van der Waals surface area contributed by atoms with E-state index in [0.29, 0.717) is 0 Å². The van der Waals surface area contributed by atoms with E-state index in [-0.39, 0.29) is 73.8 Å². The van der Waals surface area contributed by atoms with Crippen molar-refractivity contribution in [3.05, 3.63) is 0 Å². The predicted molar refractivity (Wildman–Crippen MR) is 9.83 cm³/mol. The van der Waals surface area contributed by atoms with Crippen LogP contribution in [0.2, 0.25) is 0 Å². The van der Waals surface area contributed by atoms with Crippen molar-refractivity contribution in [3.63, 3.8) is 0 Å². The molecular weight excluding hydrogens is 242 g/mol. The fourth-order valence-corrected chi connectivity index (χ4v) is 0. The molecule has 0 aliphatic heterocycles. The van der Waals surface area contributed by atoms with Gasteiger partial charge in [-0.3, -0.25) is 0 Å². The van der Waals surface area contributed by atoms with Crippen molar-refractivity contribution < 1.29 is 93.0 Å². The first-order chi connectivity index (χ1) is 2.00. The Balaban J connectivity index is -0.0000000800. The van der Waals surface area contributed by atoms with Gasteiger partial charge in [0.2, 0.25) is 0 Å². The van der Waals surface area contributed by atoms with Gasteiger partial charge in [-0.05, 0) is 0 Å². The topological polar surface area (TPSA) is 83.4 Å². The smallest absolute Gasteiger partial charge is 0.790 e. The van der Waals surface area contributed by atoms with Gasteiger partial charge in [0.15, 0.2) is 0 Å². The summed E-state index contributed by atoms with van der Waals surface area (Å²) in [5.41, 5.74) is 0. The van der Waals surface area contributed by atoms with Crippen LogP contribution in [0.3, 0.4) is 0 Å². The van der Waals surface area contributed by atoms with Gasteiger partial charge in [-0.25, -0.2) is 0 Å². The van der Waals surface area contributed by atoms with Gasteiger partial charge in [-0.2, -0.15) is 0 Å². The molecule has 0 saturated carbocycles. The summed E-state index contributed by atoms with van der Waals surface area (Å²) in [6.45, 7) is 0. The van der Waals surface area contributed by atoms with Gasteiger partial charge in [0, 0.05) is 0 Å². The Kier molecular flexibility index (Phi) is 15.3. The molecule has 0 unspecified atom stereocenters. The number of hydrogen-bond acceptors (Lipinski definition) is 3. The molecule has 0 bridgehead atoms. The third kappa shape index (κ3) is 57.8. The monoisotopic (exact) mass is 242 g/mol. The molecule has 0 aromatic carbocycles.